The molecule has 0 spiro atoms. The van der Waals surface area contributed by atoms with E-state index in [-0.39, 0.29) is 29.4 Å². The third kappa shape index (κ3) is 5.90. The zero-order valence-electron chi connectivity index (χ0n) is 19.4. The molecule has 0 aromatic heterocycles. The van der Waals surface area contributed by atoms with E-state index in [1.54, 1.807) is 0 Å². The van der Waals surface area contributed by atoms with Crippen molar-refractivity contribution in [3.05, 3.63) is 23.8 Å². The molecule has 32 heavy (non-hydrogen) atoms. The van der Waals surface area contributed by atoms with Gasteiger partial charge in [-0.3, -0.25) is 9.20 Å². The Balaban J connectivity index is 0.00000289. The minimum absolute atomic E-state index is 0. The molecule has 1 aliphatic heterocycles. The Labute approximate surface area is 212 Å². The summed E-state index contributed by atoms with van der Waals surface area (Å²) in [6.45, 7) is 4.11. The van der Waals surface area contributed by atoms with Gasteiger partial charge in [0, 0.05) is 46.9 Å². The number of halogens is 1. The van der Waals surface area contributed by atoms with Crippen LogP contribution >= 0.6 is 24.0 Å². The first-order valence-corrected chi connectivity index (χ1v) is 13.3. The summed E-state index contributed by atoms with van der Waals surface area (Å²) in [5.41, 5.74) is 1.42. The molecule has 3 atom stereocenters. The molecule has 0 bridgehead atoms. The fourth-order valence-corrected chi connectivity index (χ4v) is 6.73. The highest BCUT2D eigenvalue weighted by molar-refractivity contribution is 14.0. The predicted octanol–water partition coefficient (Wildman–Crippen LogP) is 4.13. The lowest BCUT2D eigenvalue weighted by Gasteiger charge is -2.34. The number of aliphatic imine (C=N–C) groups is 1. The van der Waals surface area contributed by atoms with E-state index in [9.17, 15) is 4.21 Å². The van der Waals surface area contributed by atoms with Crippen molar-refractivity contribution >= 4 is 40.7 Å². The Morgan fingerprint density at radius 2 is 1.91 bits per heavy atom. The molecular weight excluding hydrogens is 537 g/mol. The van der Waals surface area contributed by atoms with Crippen LogP contribution in [0.1, 0.15) is 63.9 Å². The van der Waals surface area contributed by atoms with Crippen molar-refractivity contribution in [2.24, 2.45) is 4.99 Å². The van der Waals surface area contributed by atoms with Crippen molar-refractivity contribution in [2.45, 2.75) is 75.0 Å². The van der Waals surface area contributed by atoms with Gasteiger partial charge < -0.3 is 20.1 Å². The minimum atomic E-state index is -0.712. The van der Waals surface area contributed by atoms with E-state index in [1.165, 1.54) is 18.4 Å². The van der Waals surface area contributed by atoms with Crippen molar-refractivity contribution in [2.75, 3.05) is 32.6 Å². The molecule has 3 aliphatic rings. The fraction of sp³-hybridized carbons (Fsp3) is 0.708. The fourth-order valence-electron chi connectivity index (χ4n) is 5.38. The van der Waals surface area contributed by atoms with Gasteiger partial charge in [0.1, 0.15) is 13.2 Å². The standard InChI is InChI=1S/C24H37N3O3S.HI/c1-3-31(28)20-8-6-7-19(16-20)27-23(25-2)26-17-24(11-4-5-12-24)18-9-10-21-22(15-18)30-14-13-29-21;/h9-10,15,19-20H,3-8,11-14,16-17H2,1-2H3,(H2,25,26,27);1H. The SMILES string of the molecule is CCS(=O)C1CCCC(NC(=NC)NCC2(c3ccc4c(c3)OCCO4)CCCC2)C1.I. The zero-order valence-corrected chi connectivity index (χ0v) is 22.5. The molecular formula is C24H38IN3O3S. The average Bonchev–Trinajstić information content (AvgIpc) is 3.31. The third-order valence-corrected chi connectivity index (χ3v) is 8.90. The van der Waals surface area contributed by atoms with Crippen LogP contribution in [0.25, 0.3) is 0 Å². The smallest absolute Gasteiger partial charge is 0.191 e. The summed E-state index contributed by atoms with van der Waals surface area (Å²) in [7, 11) is 1.13. The molecule has 1 heterocycles. The van der Waals surface area contributed by atoms with Crippen molar-refractivity contribution < 1.29 is 13.7 Å². The van der Waals surface area contributed by atoms with Crippen LogP contribution in [0.3, 0.4) is 0 Å². The molecule has 3 unspecified atom stereocenters. The second kappa shape index (κ2) is 11.9. The molecule has 2 saturated carbocycles. The molecule has 6 nitrogen and oxygen atoms in total. The van der Waals surface area contributed by atoms with E-state index in [2.05, 4.69) is 33.8 Å². The van der Waals surface area contributed by atoms with Crippen molar-refractivity contribution in [3.63, 3.8) is 0 Å². The molecule has 2 fully saturated rings. The highest BCUT2D eigenvalue weighted by Crippen LogP contribution is 2.43. The molecule has 4 rings (SSSR count). The maximum Gasteiger partial charge on any atom is 0.191 e. The molecule has 2 aliphatic carbocycles. The minimum Gasteiger partial charge on any atom is -0.486 e. The first-order valence-electron chi connectivity index (χ1n) is 11.9. The lowest BCUT2D eigenvalue weighted by molar-refractivity contribution is 0.171. The van der Waals surface area contributed by atoms with Gasteiger partial charge in [-0.15, -0.1) is 24.0 Å². The Morgan fingerprint density at radius 3 is 2.62 bits per heavy atom. The van der Waals surface area contributed by atoms with E-state index < -0.39 is 10.8 Å². The van der Waals surface area contributed by atoms with Gasteiger partial charge in [0.25, 0.3) is 0 Å². The Morgan fingerprint density at radius 1 is 1.16 bits per heavy atom. The predicted molar refractivity (Wildman–Crippen MR) is 142 cm³/mol. The Kier molecular flexibility index (Phi) is 9.52. The quantitative estimate of drug-likeness (QED) is 0.303. The number of nitrogens with zero attached hydrogens (tertiary/aromatic N) is 1. The number of hydrogen-bond acceptors (Lipinski definition) is 4. The van der Waals surface area contributed by atoms with Gasteiger partial charge in [-0.1, -0.05) is 32.3 Å². The summed E-state index contributed by atoms with van der Waals surface area (Å²) in [6.07, 6.45) is 9.11. The van der Waals surface area contributed by atoms with Crippen LogP contribution in [-0.4, -0.2) is 54.0 Å². The van der Waals surface area contributed by atoms with Crippen LogP contribution in [0.5, 0.6) is 11.5 Å². The molecule has 8 heteroatoms. The molecule has 1 aromatic carbocycles. The van der Waals surface area contributed by atoms with Crippen molar-refractivity contribution in [1.82, 2.24) is 10.6 Å². The number of guanidine groups is 1. The lowest BCUT2D eigenvalue weighted by atomic mass is 9.78. The van der Waals surface area contributed by atoms with Crippen LogP contribution < -0.4 is 20.1 Å². The summed E-state index contributed by atoms with van der Waals surface area (Å²) in [4.78, 5) is 4.50. The monoisotopic (exact) mass is 575 g/mol. The van der Waals surface area contributed by atoms with E-state index in [1.807, 2.05) is 14.0 Å². The van der Waals surface area contributed by atoms with Gasteiger partial charge in [-0.05, 0) is 49.8 Å². The van der Waals surface area contributed by atoms with Gasteiger partial charge in [-0.2, -0.15) is 0 Å². The van der Waals surface area contributed by atoms with Crippen LogP contribution in [-0.2, 0) is 16.2 Å². The van der Waals surface area contributed by atoms with E-state index in [4.69, 9.17) is 9.47 Å². The largest absolute Gasteiger partial charge is 0.486 e. The van der Waals surface area contributed by atoms with Gasteiger partial charge in [0.05, 0.1) is 0 Å². The average molecular weight is 576 g/mol. The molecule has 0 amide bonds. The second-order valence-corrected chi connectivity index (χ2v) is 11.1. The van der Waals surface area contributed by atoms with Gasteiger partial charge in [0.15, 0.2) is 17.5 Å². The summed E-state index contributed by atoms with van der Waals surface area (Å²) in [5.74, 6) is 3.33. The maximum absolute atomic E-state index is 12.3. The number of nitrogens with one attached hydrogen (secondary N) is 2. The number of rotatable bonds is 6. The first kappa shape index (κ1) is 25.6. The normalized spacial score (nSPS) is 25.5. The third-order valence-electron chi connectivity index (χ3n) is 7.16. The summed E-state index contributed by atoms with van der Waals surface area (Å²) in [5, 5.41) is 7.56. The van der Waals surface area contributed by atoms with E-state index in [0.29, 0.717) is 24.5 Å². The highest BCUT2D eigenvalue weighted by atomic mass is 127. The maximum atomic E-state index is 12.3. The van der Waals surface area contributed by atoms with Crippen LogP contribution in [0.4, 0.5) is 0 Å². The first-order chi connectivity index (χ1) is 15.1. The van der Waals surface area contributed by atoms with Gasteiger partial charge >= 0.3 is 0 Å². The van der Waals surface area contributed by atoms with Gasteiger partial charge in [-0.25, -0.2) is 0 Å². The number of ether oxygens (including phenoxy) is 2. The summed E-state index contributed by atoms with van der Waals surface area (Å²) >= 11 is 0. The second-order valence-electron chi connectivity index (χ2n) is 9.07. The Hall–Kier alpha value is -1.03. The van der Waals surface area contributed by atoms with Gasteiger partial charge in [0.2, 0.25) is 0 Å². The molecule has 1 aromatic rings. The van der Waals surface area contributed by atoms with E-state index >= 15 is 0 Å². The van der Waals surface area contributed by atoms with Crippen LogP contribution in [0.15, 0.2) is 23.2 Å². The summed E-state index contributed by atoms with van der Waals surface area (Å²) in [6, 6.07) is 6.80. The molecule has 2 N–H and O–H groups in total. The van der Waals surface area contributed by atoms with Crippen molar-refractivity contribution in [3.8, 4) is 11.5 Å². The van der Waals surface area contributed by atoms with E-state index in [0.717, 1.165) is 68.3 Å². The van der Waals surface area contributed by atoms with Crippen molar-refractivity contribution in [1.29, 1.82) is 0 Å². The van der Waals surface area contributed by atoms with Crippen LogP contribution in [0, 0.1) is 0 Å². The topological polar surface area (TPSA) is 72.0 Å². The lowest BCUT2D eigenvalue weighted by Crippen LogP contribution is -2.49. The number of fused-ring (bicyclic) bond motifs is 1. The molecule has 0 saturated heterocycles. The summed E-state index contributed by atoms with van der Waals surface area (Å²) < 4.78 is 23.9. The number of benzene rings is 1. The molecule has 180 valence electrons. The zero-order chi connectivity index (χ0) is 21.7. The Bertz CT molecular complexity index is 814. The highest BCUT2D eigenvalue weighted by Gasteiger charge is 2.37. The molecule has 0 radical (unpaired) electrons. The number of hydrogen-bond donors (Lipinski definition) is 2. The van der Waals surface area contributed by atoms with Crippen LogP contribution in [0.2, 0.25) is 0 Å².